The van der Waals surface area contributed by atoms with Crippen LogP contribution in [0.1, 0.15) is 19.8 Å². The van der Waals surface area contributed by atoms with Crippen LogP contribution in [0.25, 0.3) is 0 Å². The first-order valence-electron chi connectivity index (χ1n) is 3.72. The smallest absolute Gasteiger partial charge is 0.460 e. The number of halogens is 3. The number of alkyl halides is 2. The highest BCUT2D eigenvalue weighted by Crippen LogP contribution is 2.24. The molecule has 0 unspecified atom stereocenters. The number of unbranched alkanes of at least 4 members (excludes halogenated alkanes) is 1. The van der Waals surface area contributed by atoms with Gasteiger partial charge in [0.2, 0.25) is 0 Å². The Morgan fingerprint density at radius 2 is 1.93 bits per heavy atom. The van der Waals surface area contributed by atoms with E-state index >= 15 is 0 Å². The molecule has 0 spiro atoms. The van der Waals surface area contributed by atoms with E-state index in [2.05, 4.69) is 4.74 Å². The van der Waals surface area contributed by atoms with Crippen LogP contribution in [0.15, 0.2) is 0 Å². The molecule has 8 heteroatoms. The van der Waals surface area contributed by atoms with Crippen molar-refractivity contribution in [2.75, 3.05) is 6.61 Å². The van der Waals surface area contributed by atoms with Crippen LogP contribution in [-0.2, 0) is 19.8 Å². The lowest BCUT2D eigenvalue weighted by atomic mass is 10.4. The second kappa shape index (κ2) is 4.63. The van der Waals surface area contributed by atoms with Crippen LogP contribution < -0.4 is 0 Å². The molecule has 0 aliphatic carbocycles. The second-order valence-corrected chi connectivity index (χ2v) is 3.83. The number of hydrogen-bond donors (Lipinski definition) is 0. The quantitative estimate of drug-likeness (QED) is 0.407. The van der Waals surface area contributed by atoms with E-state index in [1.165, 1.54) is 0 Å². The zero-order valence-electron chi connectivity index (χ0n) is 7.30. The van der Waals surface area contributed by atoms with Crippen LogP contribution in [0.4, 0.5) is 12.7 Å². The van der Waals surface area contributed by atoms with Crippen LogP contribution in [-0.4, -0.2) is 26.2 Å². The minimum atomic E-state index is -6.25. The molecule has 0 bridgehead atoms. The molecule has 0 fully saturated rings. The molecule has 0 saturated heterocycles. The van der Waals surface area contributed by atoms with Crippen molar-refractivity contribution < 1.29 is 30.6 Å². The molecule has 0 aliphatic heterocycles. The van der Waals surface area contributed by atoms with Crippen LogP contribution in [0.2, 0.25) is 0 Å². The molecular formula is C6H9F3O4S. The van der Waals surface area contributed by atoms with Gasteiger partial charge in [0.15, 0.2) is 0 Å². The molecule has 0 aliphatic rings. The molecule has 0 rings (SSSR count). The van der Waals surface area contributed by atoms with Gasteiger partial charge in [-0.3, -0.25) is 0 Å². The lowest BCUT2D eigenvalue weighted by molar-refractivity contribution is -0.161. The highest BCUT2D eigenvalue weighted by Gasteiger charge is 2.55. The zero-order chi connectivity index (χ0) is 11.4. The Morgan fingerprint density at radius 1 is 1.43 bits per heavy atom. The number of carbonyl (C=O) groups is 1. The molecule has 0 N–H and O–H groups in total. The van der Waals surface area contributed by atoms with Gasteiger partial charge in [-0.25, -0.2) is 4.79 Å². The average Bonchev–Trinajstić information content (AvgIpc) is 2.02. The molecule has 0 aromatic rings. The summed E-state index contributed by atoms with van der Waals surface area (Å²) in [4.78, 5) is 10.4. The summed E-state index contributed by atoms with van der Waals surface area (Å²) >= 11 is 0. The van der Waals surface area contributed by atoms with Gasteiger partial charge < -0.3 is 4.74 Å². The van der Waals surface area contributed by atoms with Crippen molar-refractivity contribution in [3.05, 3.63) is 0 Å². The standard InChI is InChI=1S/C6H9F3O4S/c1-2-3-4-13-5(10)6(7,8)14(9,11)12/h2-4H2,1H3. The van der Waals surface area contributed by atoms with E-state index < -0.39 is 21.4 Å². The predicted octanol–water partition coefficient (Wildman–Crippen LogP) is 1.22. The minimum Gasteiger partial charge on any atom is -0.460 e. The Hall–Kier alpha value is -0.790. The van der Waals surface area contributed by atoms with Gasteiger partial charge >= 0.3 is 21.4 Å². The second-order valence-electron chi connectivity index (χ2n) is 2.44. The Balaban J connectivity index is 4.39. The third-order valence-corrected chi connectivity index (χ3v) is 2.05. The molecule has 0 atom stereocenters. The Kier molecular flexibility index (Phi) is 4.37. The van der Waals surface area contributed by atoms with Crippen molar-refractivity contribution in [3.8, 4) is 0 Å². The molecule has 0 radical (unpaired) electrons. The molecule has 4 nitrogen and oxygen atoms in total. The fourth-order valence-corrected chi connectivity index (χ4v) is 0.751. The molecular weight excluding hydrogens is 225 g/mol. The molecule has 14 heavy (non-hydrogen) atoms. The molecule has 0 heterocycles. The van der Waals surface area contributed by atoms with E-state index in [1.54, 1.807) is 6.92 Å². The van der Waals surface area contributed by atoms with Crippen LogP contribution in [0.3, 0.4) is 0 Å². The maximum Gasteiger partial charge on any atom is 0.470 e. The SMILES string of the molecule is CCCCOC(=O)C(F)(F)S(=O)(=O)F. The lowest BCUT2D eigenvalue weighted by Crippen LogP contribution is -2.37. The van der Waals surface area contributed by atoms with Crippen molar-refractivity contribution in [3.63, 3.8) is 0 Å². The Bertz CT molecular complexity index is 298. The molecule has 0 aromatic carbocycles. The molecule has 0 aromatic heterocycles. The van der Waals surface area contributed by atoms with Gasteiger partial charge in [0, 0.05) is 0 Å². The van der Waals surface area contributed by atoms with Crippen molar-refractivity contribution in [1.29, 1.82) is 0 Å². The van der Waals surface area contributed by atoms with Crippen LogP contribution in [0, 0.1) is 0 Å². The van der Waals surface area contributed by atoms with Gasteiger partial charge in [-0.1, -0.05) is 17.2 Å². The average molecular weight is 234 g/mol. The van der Waals surface area contributed by atoms with E-state index in [0.29, 0.717) is 12.8 Å². The van der Waals surface area contributed by atoms with Gasteiger partial charge in [-0.15, -0.1) is 0 Å². The third kappa shape index (κ3) is 3.17. The fourth-order valence-electron chi connectivity index (χ4n) is 0.493. The largest absolute Gasteiger partial charge is 0.470 e. The normalized spacial score (nSPS) is 12.6. The highest BCUT2D eigenvalue weighted by molar-refractivity contribution is 7.88. The van der Waals surface area contributed by atoms with E-state index in [1.807, 2.05) is 0 Å². The maximum atomic E-state index is 12.3. The van der Waals surface area contributed by atoms with Gasteiger partial charge in [-0.05, 0) is 6.42 Å². The van der Waals surface area contributed by atoms with Crippen LogP contribution >= 0.6 is 0 Å². The number of rotatable bonds is 5. The summed E-state index contributed by atoms with van der Waals surface area (Å²) in [6.07, 6.45) is 0.870. The summed E-state index contributed by atoms with van der Waals surface area (Å²) in [5.74, 6) is -2.38. The first-order chi connectivity index (χ1) is 6.23. The highest BCUT2D eigenvalue weighted by atomic mass is 32.3. The van der Waals surface area contributed by atoms with Crippen molar-refractivity contribution in [1.82, 2.24) is 0 Å². The molecule has 0 saturated carbocycles. The number of carbonyl (C=O) groups excluding carboxylic acids is 1. The maximum absolute atomic E-state index is 12.3. The van der Waals surface area contributed by atoms with E-state index in [9.17, 15) is 25.9 Å². The van der Waals surface area contributed by atoms with Crippen molar-refractivity contribution in [2.45, 2.75) is 25.0 Å². The van der Waals surface area contributed by atoms with E-state index in [0.717, 1.165) is 0 Å². The molecule has 0 amide bonds. The summed E-state index contributed by atoms with van der Waals surface area (Å²) < 4.78 is 60.0. The molecule has 84 valence electrons. The van der Waals surface area contributed by atoms with E-state index in [-0.39, 0.29) is 6.61 Å². The van der Waals surface area contributed by atoms with Crippen molar-refractivity contribution in [2.24, 2.45) is 0 Å². The first kappa shape index (κ1) is 13.2. The summed E-state index contributed by atoms with van der Waals surface area (Å²) in [6.45, 7) is 1.35. The fraction of sp³-hybridized carbons (Fsp3) is 0.833. The number of hydrogen-bond acceptors (Lipinski definition) is 4. The topological polar surface area (TPSA) is 60.4 Å². The van der Waals surface area contributed by atoms with Crippen molar-refractivity contribution >= 4 is 16.2 Å². The summed E-state index contributed by atoms with van der Waals surface area (Å²) in [5, 5.41) is -5.11. The van der Waals surface area contributed by atoms with Gasteiger partial charge in [0.1, 0.15) is 0 Å². The Labute approximate surface area is 79.3 Å². The van der Waals surface area contributed by atoms with Gasteiger partial charge in [-0.2, -0.15) is 17.2 Å². The van der Waals surface area contributed by atoms with Gasteiger partial charge in [0.25, 0.3) is 0 Å². The Morgan fingerprint density at radius 3 is 2.29 bits per heavy atom. The monoisotopic (exact) mass is 234 g/mol. The third-order valence-electron chi connectivity index (χ3n) is 1.27. The number of ether oxygens (including phenoxy) is 1. The first-order valence-corrected chi connectivity index (χ1v) is 5.11. The summed E-state index contributed by atoms with van der Waals surface area (Å²) in [6, 6.07) is 0. The zero-order valence-corrected chi connectivity index (χ0v) is 8.11. The summed E-state index contributed by atoms with van der Waals surface area (Å²) in [7, 11) is -6.25. The van der Waals surface area contributed by atoms with Gasteiger partial charge in [0.05, 0.1) is 6.61 Å². The lowest BCUT2D eigenvalue weighted by Gasteiger charge is -2.10. The predicted molar refractivity (Wildman–Crippen MR) is 40.8 cm³/mol. The minimum absolute atomic E-state index is 0.300. The number of esters is 1. The summed E-state index contributed by atoms with van der Waals surface area (Å²) in [5.41, 5.74) is 0. The van der Waals surface area contributed by atoms with E-state index in [4.69, 9.17) is 0 Å². The van der Waals surface area contributed by atoms with Crippen LogP contribution in [0.5, 0.6) is 0 Å².